The van der Waals surface area contributed by atoms with Gasteiger partial charge in [0, 0.05) is 21.1 Å². The molecule has 0 saturated carbocycles. The lowest BCUT2D eigenvalue weighted by molar-refractivity contribution is -0.128. The van der Waals surface area contributed by atoms with Crippen molar-refractivity contribution in [2.24, 2.45) is 7.05 Å². The molecule has 0 bridgehead atoms. The van der Waals surface area contributed by atoms with Crippen LogP contribution in [0.4, 0.5) is 0 Å². The van der Waals surface area contributed by atoms with Gasteiger partial charge in [-0.2, -0.15) is 5.10 Å². The number of aromatic nitrogens is 4. The molecule has 3 aromatic rings. The molecule has 7 heteroatoms. The zero-order chi connectivity index (χ0) is 16.4. The summed E-state index contributed by atoms with van der Waals surface area (Å²) >= 11 is 1.43. The molecule has 0 N–H and O–H groups in total. The third-order valence-corrected chi connectivity index (χ3v) is 4.75. The van der Waals surface area contributed by atoms with Gasteiger partial charge < -0.3 is 4.90 Å². The van der Waals surface area contributed by atoms with Gasteiger partial charge >= 0.3 is 0 Å². The van der Waals surface area contributed by atoms with Crippen LogP contribution in [0.5, 0.6) is 0 Å². The minimum atomic E-state index is -0.357. The number of benzene rings is 1. The SMILES string of the molecule is CN(C)C(=O)C(Sc1ncnc2c1cnn2C)c1ccccc1. The number of likely N-dealkylation sites (N-methyl/N-ethyl adjacent to an activating group) is 1. The van der Waals surface area contributed by atoms with Crippen molar-refractivity contribution in [3.63, 3.8) is 0 Å². The number of amides is 1. The van der Waals surface area contributed by atoms with Gasteiger partial charge in [-0.05, 0) is 5.56 Å². The summed E-state index contributed by atoms with van der Waals surface area (Å²) in [5.74, 6) is 0.0249. The predicted octanol–water partition coefficient (Wildman–Crippen LogP) is 2.28. The van der Waals surface area contributed by atoms with Gasteiger partial charge in [0.25, 0.3) is 0 Å². The first-order valence-electron chi connectivity index (χ1n) is 7.13. The number of carbonyl (C=O) groups excluding carboxylic acids is 1. The van der Waals surface area contributed by atoms with Crippen LogP contribution in [0.15, 0.2) is 47.9 Å². The topological polar surface area (TPSA) is 63.9 Å². The molecule has 0 aliphatic carbocycles. The number of hydrogen-bond donors (Lipinski definition) is 0. The maximum Gasteiger partial charge on any atom is 0.240 e. The van der Waals surface area contributed by atoms with Crippen LogP contribution in [-0.2, 0) is 11.8 Å². The molecule has 2 heterocycles. The summed E-state index contributed by atoms with van der Waals surface area (Å²) in [5.41, 5.74) is 1.71. The van der Waals surface area contributed by atoms with Crippen molar-refractivity contribution in [3.05, 3.63) is 48.4 Å². The first-order valence-corrected chi connectivity index (χ1v) is 8.01. The summed E-state index contributed by atoms with van der Waals surface area (Å²) in [6.07, 6.45) is 3.24. The lowest BCUT2D eigenvalue weighted by Gasteiger charge is -2.20. The van der Waals surface area contributed by atoms with Crippen LogP contribution in [0, 0.1) is 0 Å². The average molecular weight is 327 g/mol. The fourth-order valence-corrected chi connectivity index (χ4v) is 3.48. The van der Waals surface area contributed by atoms with E-state index < -0.39 is 0 Å². The third-order valence-electron chi connectivity index (χ3n) is 3.49. The maximum atomic E-state index is 12.6. The molecule has 23 heavy (non-hydrogen) atoms. The van der Waals surface area contributed by atoms with Crippen LogP contribution in [0.25, 0.3) is 11.0 Å². The van der Waals surface area contributed by atoms with E-state index in [1.807, 2.05) is 37.4 Å². The Morgan fingerprint density at radius 2 is 1.96 bits per heavy atom. The van der Waals surface area contributed by atoms with Crippen LogP contribution < -0.4 is 0 Å². The Morgan fingerprint density at radius 1 is 1.22 bits per heavy atom. The number of aryl methyl sites for hydroxylation is 1. The summed E-state index contributed by atoms with van der Waals surface area (Å²) in [6.45, 7) is 0. The summed E-state index contributed by atoms with van der Waals surface area (Å²) in [6, 6.07) is 9.73. The fraction of sp³-hybridized carbons (Fsp3) is 0.250. The lowest BCUT2D eigenvalue weighted by atomic mass is 10.1. The van der Waals surface area contributed by atoms with Gasteiger partial charge in [0.2, 0.25) is 5.91 Å². The monoisotopic (exact) mass is 327 g/mol. The molecule has 1 unspecified atom stereocenters. The Bertz CT molecular complexity index is 831. The zero-order valence-corrected chi connectivity index (χ0v) is 14.0. The highest BCUT2D eigenvalue weighted by Gasteiger charge is 2.25. The van der Waals surface area contributed by atoms with Gasteiger partial charge in [-0.1, -0.05) is 42.1 Å². The lowest BCUT2D eigenvalue weighted by Crippen LogP contribution is -2.26. The van der Waals surface area contributed by atoms with Crippen molar-refractivity contribution in [1.82, 2.24) is 24.6 Å². The van der Waals surface area contributed by atoms with E-state index in [1.165, 1.54) is 18.1 Å². The quantitative estimate of drug-likeness (QED) is 0.543. The van der Waals surface area contributed by atoms with Gasteiger partial charge in [0.05, 0.1) is 11.6 Å². The van der Waals surface area contributed by atoms with Crippen LogP contribution in [0.3, 0.4) is 0 Å². The third kappa shape index (κ3) is 3.05. The molecule has 0 saturated heterocycles. The summed E-state index contributed by atoms with van der Waals surface area (Å²) in [4.78, 5) is 22.8. The van der Waals surface area contributed by atoms with E-state index in [4.69, 9.17) is 0 Å². The normalized spacial score (nSPS) is 12.3. The van der Waals surface area contributed by atoms with Gasteiger partial charge in [-0.15, -0.1) is 0 Å². The fourth-order valence-electron chi connectivity index (χ4n) is 2.27. The van der Waals surface area contributed by atoms with Crippen molar-refractivity contribution in [2.45, 2.75) is 10.3 Å². The van der Waals surface area contributed by atoms with Crippen LogP contribution in [-0.4, -0.2) is 44.7 Å². The number of carbonyl (C=O) groups is 1. The average Bonchev–Trinajstić information content (AvgIpc) is 2.95. The standard InChI is InChI=1S/C16H17N5OS/c1-20(2)16(22)13(11-7-5-4-6-8-11)23-15-12-9-19-21(3)14(12)17-10-18-15/h4-10,13H,1-3H3. The highest BCUT2D eigenvalue weighted by Crippen LogP contribution is 2.37. The molecule has 0 fully saturated rings. The van der Waals surface area contributed by atoms with Crippen LogP contribution in [0.2, 0.25) is 0 Å². The van der Waals surface area contributed by atoms with E-state index in [1.54, 1.807) is 29.9 Å². The van der Waals surface area contributed by atoms with Gasteiger partial charge in [-0.3, -0.25) is 9.48 Å². The van der Waals surface area contributed by atoms with Crippen molar-refractivity contribution in [1.29, 1.82) is 0 Å². The van der Waals surface area contributed by atoms with Gasteiger partial charge in [0.1, 0.15) is 16.6 Å². The Hall–Kier alpha value is -2.41. The maximum absolute atomic E-state index is 12.6. The van der Waals surface area contributed by atoms with E-state index in [2.05, 4.69) is 15.1 Å². The number of fused-ring (bicyclic) bond motifs is 1. The Kier molecular flexibility index (Phi) is 4.29. The minimum absolute atomic E-state index is 0.0249. The smallest absolute Gasteiger partial charge is 0.240 e. The van der Waals surface area contributed by atoms with E-state index in [-0.39, 0.29) is 11.2 Å². The molecule has 1 amide bonds. The molecule has 0 aliphatic rings. The molecule has 0 spiro atoms. The van der Waals surface area contributed by atoms with E-state index >= 15 is 0 Å². The molecule has 0 radical (unpaired) electrons. The highest BCUT2D eigenvalue weighted by molar-refractivity contribution is 8.00. The van der Waals surface area contributed by atoms with Crippen molar-refractivity contribution >= 4 is 28.7 Å². The number of nitrogens with zero attached hydrogens (tertiary/aromatic N) is 5. The zero-order valence-electron chi connectivity index (χ0n) is 13.2. The second-order valence-electron chi connectivity index (χ2n) is 5.33. The Labute approximate surface area is 138 Å². The van der Waals surface area contributed by atoms with E-state index in [0.29, 0.717) is 0 Å². The molecule has 6 nitrogen and oxygen atoms in total. The first-order chi connectivity index (χ1) is 11.1. The number of hydrogen-bond acceptors (Lipinski definition) is 5. The van der Waals surface area contributed by atoms with Crippen LogP contribution in [0.1, 0.15) is 10.8 Å². The van der Waals surface area contributed by atoms with E-state index in [0.717, 1.165) is 21.6 Å². The summed E-state index contributed by atoms with van der Waals surface area (Å²) in [7, 11) is 5.36. The molecular formula is C16H17N5OS. The Morgan fingerprint density at radius 3 is 2.65 bits per heavy atom. The summed E-state index contributed by atoms with van der Waals surface area (Å²) in [5, 5.41) is 5.48. The summed E-state index contributed by atoms with van der Waals surface area (Å²) < 4.78 is 1.70. The molecular weight excluding hydrogens is 310 g/mol. The van der Waals surface area contributed by atoms with Crippen LogP contribution >= 0.6 is 11.8 Å². The van der Waals surface area contributed by atoms with Crippen molar-refractivity contribution in [3.8, 4) is 0 Å². The molecule has 2 aromatic heterocycles. The van der Waals surface area contributed by atoms with Crippen molar-refractivity contribution in [2.75, 3.05) is 14.1 Å². The second-order valence-corrected chi connectivity index (χ2v) is 6.42. The molecule has 1 atom stereocenters. The number of rotatable bonds is 4. The molecule has 118 valence electrons. The highest BCUT2D eigenvalue weighted by atomic mass is 32.2. The molecule has 1 aromatic carbocycles. The molecule has 3 rings (SSSR count). The Balaban J connectivity index is 2.02. The second kappa shape index (κ2) is 6.37. The minimum Gasteiger partial charge on any atom is -0.348 e. The first kappa shape index (κ1) is 15.5. The van der Waals surface area contributed by atoms with Gasteiger partial charge in [-0.25, -0.2) is 9.97 Å². The molecule has 0 aliphatic heterocycles. The largest absolute Gasteiger partial charge is 0.348 e. The van der Waals surface area contributed by atoms with Crippen molar-refractivity contribution < 1.29 is 4.79 Å². The predicted molar refractivity (Wildman–Crippen MR) is 90.0 cm³/mol. The van der Waals surface area contributed by atoms with Gasteiger partial charge in [0.15, 0.2) is 5.65 Å². The van der Waals surface area contributed by atoms with E-state index in [9.17, 15) is 4.79 Å². The number of thioether (sulfide) groups is 1.